The summed E-state index contributed by atoms with van der Waals surface area (Å²) in [5, 5.41) is 0.829. The fourth-order valence-electron chi connectivity index (χ4n) is 1.92. The number of hydrogen-bond acceptors (Lipinski definition) is 4. The first kappa shape index (κ1) is 14.9. The Kier molecular flexibility index (Phi) is 5.41. The topological polar surface area (TPSA) is 35.0 Å². The van der Waals surface area contributed by atoms with Crippen LogP contribution in [0.4, 0.5) is 0 Å². The van der Waals surface area contributed by atoms with Crippen molar-refractivity contribution in [3.8, 4) is 5.75 Å². The number of hydrogen-bond donors (Lipinski definition) is 0. The maximum Gasteiger partial charge on any atom is 0.187 e. The summed E-state index contributed by atoms with van der Waals surface area (Å²) in [5.74, 6) is 1.97. The maximum absolute atomic E-state index is 5.88. The van der Waals surface area contributed by atoms with Crippen LogP contribution in [0, 0.1) is 20.8 Å². The summed E-state index contributed by atoms with van der Waals surface area (Å²) < 4.78 is 5.88. The van der Waals surface area contributed by atoms with E-state index >= 15 is 0 Å². The molecule has 3 nitrogen and oxygen atoms in total. The van der Waals surface area contributed by atoms with E-state index in [1.165, 1.54) is 16.7 Å². The van der Waals surface area contributed by atoms with Gasteiger partial charge in [0.15, 0.2) is 5.16 Å². The van der Waals surface area contributed by atoms with Crippen molar-refractivity contribution >= 4 is 11.8 Å². The van der Waals surface area contributed by atoms with Crippen molar-refractivity contribution in [3.63, 3.8) is 0 Å². The number of aromatic nitrogens is 2. The lowest BCUT2D eigenvalue weighted by Gasteiger charge is -2.12. The lowest BCUT2D eigenvalue weighted by molar-refractivity contribution is 0.316. The van der Waals surface area contributed by atoms with Crippen molar-refractivity contribution in [1.29, 1.82) is 0 Å². The van der Waals surface area contributed by atoms with E-state index in [1.54, 1.807) is 24.2 Å². The van der Waals surface area contributed by atoms with Gasteiger partial charge in [-0.3, -0.25) is 0 Å². The first-order chi connectivity index (χ1) is 9.66. The van der Waals surface area contributed by atoms with Gasteiger partial charge >= 0.3 is 0 Å². The minimum Gasteiger partial charge on any atom is -0.493 e. The molecule has 0 saturated carbocycles. The van der Waals surface area contributed by atoms with Crippen LogP contribution in [-0.4, -0.2) is 22.3 Å². The minimum atomic E-state index is 0.726. The summed E-state index contributed by atoms with van der Waals surface area (Å²) in [5.41, 5.74) is 3.76. The van der Waals surface area contributed by atoms with Crippen LogP contribution in [0.25, 0.3) is 0 Å². The highest BCUT2D eigenvalue weighted by Crippen LogP contribution is 2.23. The molecule has 0 aliphatic rings. The Labute approximate surface area is 124 Å². The molecule has 1 heterocycles. The predicted octanol–water partition coefficient (Wildman–Crippen LogP) is 3.96. The van der Waals surface area contributed by atoms with Crippen LogP contribution in [0.15, 0.2) is 35.7 Å². The zero-order valence-electron chi connectivity index (χ0n) is 12.2. The molecule has 20 heavy (non-hydrogen) atoms. The number of benzene rings is 1. The average Bonchev–Trinajstić information content (AvgIpc) is 2.44. The third kappa shape index (κ3) is 4.23. The molecule has 0 bridgehead atoms. The van der Waals surface area contributed by atoms with Gasteiger partial charge in [-0.05, 0) is 56.0 Å². The molecular formula is C16H20N2OS. The van der Waals surface area contributed by atoms with Crippen LogP contribution in [0.1, 0.15) is 23.1 Å². The fourth-order valence-corrected chi connectivity index (χ4v) is 2.63. The highest BCUT2D eigenvalue weighted by Gasteiger charge is 2.04. The van der Waals surface area contributed by atoms with Gasteiger partial charge in [-0.25, -0.2) is 9.97 Å². The van der Waals surface area contributed by atoms with Gasteiger partial charge in [-0.1, -0.05) is 17.8 Å². The Morgan fingerprint density at radius 3 is 2.60 bits per heavy atom. The van der Waals surface area contributed by atoms with E-state index in [9.17, 15) is 0 Å². The molecule has 0 unspecified atom stereocenters. The zero-order chi connectivity index (χ0) is 14.4. The Balaban J connectivity index is 1.76. The highest BCUT2D eigenvalue weighted by atomic mass is 32.2. The average molecular weight is 288 g/mol. The lowest BCUT2D eigenvalue weighted by atomic mass is 10.1. The van der Waals surface area contributed by atoms with Gasteiger partial charge < -0.3 is 4.74 Å². The highest BCUT2D eigenvalue weighted by molar-refractivity contribution is 7.99. The van der Waals surface area contributed by atoms with Crippen LogP contribution in [0.5, 0.6) is 5.75 Å². The van der Waals surface area contributed by atoms with Gasteiger partial charge in [0, 0.05) is 18.1 Å². The summed E-state index contributed by atoms with van der Waals surface area (Å²) in [6.07, 6.45) is 4.52. The predicted molar refractivity (Wildman–Crippen MR) is 83.5 cm³/mol. The van der Waals surface area contributed by atoms with Crippen LogP contribution >= 0.6 is 11.8 Å². The van der Waals surface area contributed by atoms with E-state index in [4.69, 9.17) is 4.74 Å². The van der Waals surface area contributed by atoms with Crippen molar-refractivity contribution in [2.24, 2.45) is 0 Å². The Bertz CT molecular complexity index is 558. The molecule has 1 aromatic heterocycles. The van der Waals surface area contributed by atoms with Crippen LogP contribution in [0.3, 0.4) is 0 Å². The number of thioether (sulfide) groups is 1. The van der Waals surface area contributed by atoms with E-state index in [1.807, 2.05) is 6.07 Å². The van der Waals surface area contributed by atoms with Gasteiger partial charge in [0.05, 0.1) is 6.61 Å². The molecule has 0 spiro atoms. The van der Waals surface area contributed by atoms with E-state index in [0.717, 1.165) is 29.7 Å². The van der Waals surface area contributed by atoms with Gasteiger partial charge in [-0.15, -0.1) is 0 Å². The monoisotopic (exact) mass is 288 g/mol. The second kappa shape index (κ2) is 7.29. The number of aryl methyl sites for hydroxylation is 2. The van der Waals surface area contributed by atoms with Crippen molar-refractivity contribution in [3.05, 3.63) is 47.3 Å². The lowest BCUT2D eigenvalue weighted by Crippen LogP contribution is -2.01. The van der Waals surface area contributed by atoms with Gasteiger partial charge in [0.25, 0.3) is 0 Å². The third-order valence-corrected chi connectivity index (χ3v) is 4.05. The quantitative estimate of drug-likeness (QED) is 0.458. The molecule has 0 radical (unpaired) electrons. The second-order valence-corrected chi connectivity index (χ2v) is 5.85. The van der Waals surface area contributed by atoms with Crippen molar-refractivity contribution in [2.45, 2.75) is 32.3 Å². The number of ether oxygens (including phenoxy) is 1. The molecule has 0 saturated heterocycles. The smallest absolute Gasteiger partial charge is 0.187 e. The van der Waals surface area contributed by atoms with Gasteiger partial charge in [0.2, 0.25) is 0 Å². The largest absolute Gasteiger partial charge is 0.493 e. The molecular weight excluding hydrogens is 268 g/mol. The molecule has 1 aromatic carbocycles. The van der Waals surface area contributed by atoms with E-state index in [2.05, 4.69) is 42.9 Å². The van der Waals surface area contributed by atoms with E-state index in [-0.39, 0.29) is 0 Å². The Morgan fingerprint density at radius 2 is 1.85 bits per heavy atom. The molecule has 0 atom stereocenters. The summed E-state index contributed by atoms with van der Waals surface area (Å²) in [6.45, 7) is 7.06. The standard InChI is InChI=1S/C16H20N2OS/c1-12-10-13(2)14(3)15(11-12)19-8-5-9-20-16-17-6-4-7-18-16/h4,6-7,10-11H,5,8-9H2,1-3H3. The summed E-state index contributed by atoms with van der Waals surface area (Å²) >= 11 is 1.66. The van der Waals surface area contributed by atoms with Gasteiger partial charge in [-0.2, -0.15) is 0 Å². The van der Waals surface area contributed by atoms with Crippen LogP contribution in [0.2, 0.25) is 0 Å². The summed E-state index contributed by atoms with van der Waals surface area (Å²) in [6, 6.07) is 6.12. The molecule has 0 aliphatic heterocycles. The normalized spacial score (nSPS) is 10.6. The number of nitrogens with zero attached hydrogens (tertiary/aromatic N) is 2. The van der Waals surface area contributed by atoms with Crippen molar-refractivity contribution < 1.29 is 4.74 Å². The van der Waals surface area contributed by atoms with E-state index < -0.39 is 0 Å². The maximum atomic E-state index is 5.88. The molecule has 106 valence electrons. The summed E-state index contributed by atoms with van der Waals surface area (Å²) in [7, 11) is 0. The Morgan fingerprint density at radius 1 is 1.10 bits per heavy atom. The Hall–Kier alpha value is -1.55. The SMILES string of the molecule is Cc1cc(C)c(C)c(OCCCSc2ncccn2)c1. The number of rotatable bonds is 6. The third-order valence-electron chi connectivity index (χ3n) is 3.08. The van der Waals surface area contributed by atoms with Crippen LogP contribution < -0.4 is 4.74 Å². The molecule has 0 amide bonds. The minimum absolute atomic E-state index is 0.726. The first-order valence-corrected chi connectivity index (χ1v) is 7.76. The van der Waals surface area contributed by atoms with Crippen LogP contribution in [-0.2, 0) is 0 Å². The second-order valence-electron chi connectivity index (χ2n) is 4.79. The first-order valence-electron chi connectivity index (χ1n) is 6.77. The molecule has 0 N–H and O–H groups in total. The summed E-state index contributed by atoms with van der Waals surface area (Å²) in [4.78, 5) is 8.37. The van der Waals surface area contributed by atoms with E-state index in [0.29, 0.717) is 0 Å². The zero-order valence-corrected chi connectivity index (χ0v) is 13.0. The van der Waals surface area contributed by atoms with Crippen molar-refractivity contribution in [1.82, 2.24) is 9.97 Å². The van der Waals surface area contributed by atoms with Gasteiger partial charge in [0.1, 0.15) is 5.75 Å². The molecule has 2 rings (SSSR count). The fraction of sp³-hybridized carbons (Fsp3) is 0.375. The molecule has 0 aliphatic carbocycles. The molecule has 2 aromatic rings. The molecule has 0 fully saturated rings. The molecule has 4 heteroatoms. The van der Waals surface area contributed by atoms with Crippen molar-refractivity contribution in [2.75, 3.05) is 12.4 Å².